The van der Waals surface area contributed by atoms with Gasteiger partial charge in [-0.05, 0) is 30.7 Å². The number of carbonyl (C=O) groups is 1. The maximum Gasteiger partial charge on any atom is 0.328 e. The molecule has 4 nitrogen and oxygen atoms in total. The molecule has 1 heterocycles. The highest BCUT2D eigenvalue weighted by atomic mass is 19.1. The van der Waals surface area contributed by atoms with Gasteiger partial charge >= 0.3 is 5.97 Å². The van der Waals surface area contributed by atoms with E-state index < -0.39 is 11.8 Å². The Bertz CT molecular complexity index is 632. The van der Waals surface area contributed by atoms with E-state index in [9.17, 15) is 9.18 Å². The zero-order valence-corrected chi connectivity index (χ0v) is 10.4. The van der Waals surface area contributed by atoms with Crippen molar-refractivity contribution in [1.29, 1.82) is 0 Å². The molecule has 1 aromatic carbocycles. The second kappa shape index (κ2) is 5.48. The molecule has 0 spiro atoms. The van der Waals surface area contributed by atoms with E-state index in [-0.39, 0.29) is 5.56 Å². The standard InChI is InChI=1S/C14H13FN2O2/c1-10-16-6-7-17(10)9-11-2-4-13(15)12(8-11)3-5-14(18)19/h2-8H,9H2,1H3,(H,18,19). The summed E-state index contributed by atoms with van der Waals surface area (Å²) in [5.74, 6) is -0.675. The van der Waals surface area contributed by atoms with Crippen molar-refractivity contribution in [2.45, 2.75) is 13.5 Å². The lowest BCUT2D eigenvalue weighted by Crippen LogP contribution is -2.01. The molecule has 0 saturated carbocycles. The molecule has 0 saturated heterocycles. The normalized spacial score (nSPS) is 11.1. The molecular formula is C14H13FN2O2. The first-order valence-corrected chi connectivity index (χ1v) is 5.73. The molecule has 0 amide bonds. The van der Waals surface area contributed by atoms with Crippen LogP contribution in [0, 0.1) is 12.7 Å². The minimum absolute atomic E-state index is 0.262. The first kappa shape index (κ1) is 13.0. The third-order valence-corrected chi connectivity index (χ3v) is 2.74. The van der Waals surface area contributed by atoms with Gasteiger partial charge in [0.15, 0.2) is 0 Å². The highest BCUT2D eigenvalue weighted by Gasteiger charge is 2.03. The largest absolute Gasteiger partial charge is 0.478 e. The summed E-state index contributed by atoms with van der Waals surface area (Å²) in [6, 6.07) is 4.64. The molecule has 0 aliphatic heterocycles. The van der Waals surface area contributed by atoms with Crippen LogP contribution in [0.4, 0.5) is 4.39 Å². The zero-order valence-electron chi connectivity index (χ0n) is 10.4. The number of aromatic nitrogens is 2. The van der Waals surface area contributed by atoms with Gasteiger partial charge < -0.3 is 9.67 Å². The van der Waals surface area contributed by atoms with Crippen LogP contribution in [0.15, 0.2) is 36.7 Å². The Morgan fingerprint density at radius 2 is 2.32 bits per heavy atom. The van der Waals surface area contributed by atoms with Gasteiger partial charge in [-0.15, -0.1) is 0 Å². The number of hydrogen-bond acceptors (Lipinski definition) is 2. The van der Waals surface area contributed by atoms with Gasteiger partial charge in [0, 0.05) is 30.6 Å². The molecule has 0 fully saturated rings. The van der Waals surface area contributed by atoms with Crippen LogP contribution in [0.25, 0.3) is 6.08 Å². The fraction of sp³-hybridized carbons (Fsp3) is 0.143. The lowest BCUT2D eigenvalue weighted by atomic mass is 10.1. The van der Waals surface area contributed by atoms with Crippen molar-refractivity contribution in [2.24, 2.45) is 0 Å². The number of benzene rings is 1. The molecule has 2 aromatic rings. The summed E-state index contributed by atoms with van der Waals surface area (Å²) in [6.07, 6.45) is 5.71. The third-order valence-electron chi connectivity index (χ3n) is 2.74. The Balaban J connectivity index is 2.26. The van der Waals surface area contributed by atoms with Gasteiger partial charge in [0.25, 0.3) is 0 Å². The van der Waals surface area contributed by atoms with Crippen LogP contribution in [-0.4, -0.2) is 20.6 Å². The Labute approximate surface area is 109 Å². The molecule has 1 aromatic heterocycles. The SMILES string of the molecule is Cc1nccn1Cc1ccc(F)c(C=CC(=O)O)c1. The number of aryl methyl sites for hydroxylation is 1. The van der Waals surface area contributed by atoms with E-state index >= 15 is 0 Å². The van der Waals surface area contributed by atoms with Crippen LogP contribution in [0.5, 0.6) is 0 Å². The summed E-state index contributed by atoms with van der Waals surface area (Å²) in [5, 5.41) is 8.56. The van der Waals surface area contributed by atoms with E-state index in [1.54, 1.807) is 18.3 Å². The van der Waals surface area contributed by atoms with Crippen LogP contribution in [0.2, 0.25) is 0 Å². The van der Waals surface area contributed by atoms with Gasteiger partial charge in [-0.1, -0.05) is 6.07 Å². The van der Waals surface area contributed by atoms with Crippen LogP contribution in [0.3, 0.4) is 0 Å². The minimum atomic E-state index is -1.10. The second-order valence-corrected chi connectivity index (χ2v) is 4.13. The third kappa shape index (κ3) is 3.28. The van der Waals surface area contributed by atoms with Gasteiger partial charge in [-0.3, -0.25) is 0 Å². The van der Waals surface area contributed by atoms with Crippen molar-refractivity contribution in [3.8, 4) is 0 Å². The van der Waals surface area contributed by atoms with Gasteiger partial charge in [0.05, 0.1) is 0 Å². The molecule has 0 aliphatic rings. The first-order valence-electron chi connectivity index (χ1n) is 5.73. The maximum absolute atomic E-state index is 13.5. The van der Waals surface area contributed by atoms with Crippen molar-refractivity contribution in [2.75, 3.05) is 0 Å². The fourth-order valence-electron chi connectivity index (χ4n) is 1.75. The van der Waals surface area contributed by atoms with Gasteiger partial charge in [-0.25, -0.2) is 14.2 Å². The van der Waals surface area contributed by atoms with Gasteiger partial charge in [0.1, 0.15) is 11.6 Å². The molecular weight excluding hydrogens is 247 g/mol. The molecule has 1 N–H and O–H groups in total. The van der Waals surface area contributed by atoms with Crippen molar-refractivity contribution < 1.29 is 14.3 Å². The van der Waals surface area contributed by atoms with E-state index in [0.29, 0.717) is 6.54 Å². The van der Waals surface area contributed by atoms with Crippen molar-refractivity contribution in [3.63, 3.8) is 0 Å². The number of carboxylic acids is 1. The number of hydrogen-bond donors (Lipinski definition) is 1. The topological polar surface area (TPSA) is 55.1 Å². The number of imidazole rings is 1. The second-order valence-electron chi connectivity index (χ2n) is 4.13. The monoisotopic (exact) mass is 260 g/mol. The number of rotatable bonds is 4. The van der Waals surface area contributed by atoms with Crippen molar-refractivity contribution >= 4 is 12.0 Å². The van der Waals surface area contributed by atoms with E-state index in [0.717, 1.165) is 17.5 Å². The summed E-state index contributed by atoms with van der Waals surface area (Å²) >= 11 is 0. The fourth-order valence-corrected chi connectivity index (χ4v) is 1.75. The number of nitrogens with zero attached hydrogens (tertiary/aromatic N) is 2. The molecule has 5 heteroatoms. The Morgan fingerprint density at radius 1 is 1.53 bits per heavy atom. The van der Waals surface area contributed by atoms with E-state index in [1.165, 1.54) is 12.1 Å². The number of aliphatic carboxylic acids is 1. The van der Waals surface area contributed by atoms with Crippen molar-refractivity contribution in [1.82, 2.24) is 9.55 Å². The average molecular weight is 260 g/mol. The van der Waals surface area contributed by atoms with Crippen LogP contribution in [0.1, 0.15) is 17.0 Å². The highest BCUT2D eigenvalue weighted by molar-refractivity contribution is 5.85. The molecule has 0 atom stereocenters. The summed E-state index contributed by atoms with van der Waals surface area (Å²) in [4.78, 5) is 14.6. The van der Waals surface area contributed by atoms with E-state index in [4.69, 9.17) is 5.11 Å². The average Bonchev–Trinajstić information content (AvgIpc) is 2.75. The summed E-state index contributed by atoms with van der Waals surface area (Å²) in [7, 11) is 0. The van der Waals surface area contributed by atoms with Crippen LogP contribution >= 0.6 is 0 Å². The molecule has 2 rings (SSSR count). The van der Waals surface area contributed by atoms with E-state index in [2.05, 4.69) is 4.98 Å². The summed E-state index contributed by atoms with van der Waals surface area (Å²) < 4.78 is 15.4. The van der Waals surface area contributed by atoms with Gasteiger partial charge in [-0.2, -0.15) is 0 Å². The molecule has 0 unspecified atom stereocenters. The number of halogens is 1. The van der Waals surface area contributed by atoms with Crippen LogP contribution < -0.4 is 0 Å². The Morgan fingerprint density at radius 3 is 2.95 bits per heavy atom. The first-order chi connectivity index (χ1) is 9.06. The number of carboxylic acid groups (broad SMARTS) is 1. The summed E-state index contributed by atoms with van der Waals surface area (Å²) in [5.41, 5.74) is 1.14. The van der Waals surface area contributed by atoms with Crippen molar-refractivity contribution in [3.05, 3.63) is 59.4 Å². The Kier molecular flexibility index (Phi) is 3.75. The lowest BCUT2D eigenvalue weighted by Gasteiger charge is -2.06. The predicted molar refractivity (Wildman–Crippen MR) is 69.1 cm³/mol. The molecule has 0 aliphatic carbocycles. The minimum Gasteiger partial charge on any atom is -0.478 e. The van der Waals surface area contributed by atoms with Gasteiger partial charge in [0.2, 0.25) is 0 Å². The van der Waals surface area contributed by atoms with Crippen LogP contribution in [-0.2, 0) is 11.3 Å². The molecule has 0 bridgehead atoms. The lowest BCUT2D eigenvalue weighted by molar-refractivity contribution is -0.131. The maximum atomic E-state index is 13.5. The highest BCUT2D eigenvalue weighted by Crippen LogP contribution is 2.14. The zero-order chi connectivity index (χ0) is 13.8. The molecule has 0 radical (unpaired) electrons. The Hall–Kier alpha value is -2.43. The molecule has 98 valence electrons. The summed E-state index contributed by atoms with van der Waals surface area (Å²) in [6.45, 7) is 2.45. The smallest absolute Gasteiger partial charge is 0.328 e. The predicted octanol–water partition coefficient (Wildman–Crippen LogP) is 2.48. The molecule has 19 heavy (non-hydrogen) atoms. The quantitative estimate of drug-likeness (QED) is 0.859. The van der Waals surface area contributed by atoms with E-state index in [1.807, 2.05) is 17.7 Å².